The van der Waals surface area contributed by atoms with E-state index in [2.05, 4.69) is 55.4 Å². The third kappa shape index (κ3) is 78.0. The van der Waals surface area contributed by atoms with Gasteiger partial charge in [-0.3, -0.25) is 37.3 Å². The van der Waals surface area contributed by atoms with Gasteiger partial charge in [-0.2, -0.15) is 0 Å². The fourth-order valence-electron chi connectivity index (χ4n) is 13.0. The molecule has 0 saturated heterocycles. The summed E-state index contributed by atoms with van der Waals surface area (Å²) in [5.41, 5.74) is 0. The molecule has 0 aliphatic rings. The zero-order valence-electron chi connectivity index (χ0n) is 68.0. The number of ether oxygens (including phenoxy) is 4. The minimum atomic E-state index is -4.97. The maximum Gasteiger partial charge on any atom is 0.472 e. The maximum atomic E-state index is 13.1. The summed E-state index contributed by atoms with van der Waals surface area (Å²) >= 11 is 0. The molecule has 0 amide bonds. The van der Waals surface area contributed by atoms with Gasteiger partial charge in [-0.25, -0.2) is 9.13 Å². The minimum Gasteiger partial charge on any atom is -0.462 e. The van der Waals surface area contributed by atoms with E-state index in [9.17, 15) is 43.2 Å². The lowest BCUT2D eigenvalue weighted by atomic mass is 10.0. The van der Waals surface area contributed by atoms with Crippen molar-refractivity contribution in [2.75, 3.05) is 39.6 Å². The molecule has 0 aromatic rings. The molecule has 3 N–H and O–H groups in total. The van der Waals surface area contributed by atoms with E-state index in [0.29, 0.717) is 25.7 Å². The Labute approximate surface area is 632 Å². The molecule has 0 aliphatic heterocycles. The molecule has 0 fully saturated rings. The number of carbonyl (C=O) groups excluding carboxylic acids is 4. The molecule has 0 saturated carbocycles. The summed E-state index contributed by atoms with van der Waals surface area (Å²) in [6.45, 7) is 14.3. The Hall–Kier alpha value is -1.94. The van der Waals surface area contributed by atoms with Crippen LogP contribution in [-0.4, -0.2) is 96.7 Å². The van der Waals surface area contributed by atoms with Gasteiger partial charge in [-0.1, -0.05) is 383 Å². The van der Waals surface area contributed by atoms with Crippen LogP contribution in [0, 0.1) is 23.7 Å². The first-order chi connectivity index (χ1) is 49.6. The number of hydrogen-bond acceptors (Lipinski definition) is 15. The SMILES string of the molecule is CC(C)CCCCCCCCCCCCCCCCCCCCC(=O)O[C@H](COC(=O)CCCCCCCCCCCCCCC(C)C)COP(=O)(O)OC[C@@H](O)COP(=O)(O)OC[C@@H](COC(=O)CCCCCCCCCCCC(C)C)OC(=O)CCCCCCCCCCCCCCC(C)C. The highest BCUT2D eigenvalue weighted by molar-refractivity contribution is 7.47. The lowest BCUT2D eigenvalue weighted by Crippen LogP contribution is -2.30. The van der Waals surface area contributed by atoms with Crippen LogP contribution in [0.25, 0.3) is 0 Å². The number of esters is 4. The van der Waals surface area contributed by atoms with Crippen molar-refractivity contribution in [3.05, 3.63) is 0 Å². The van der Waals surface area contributed by atoms with Gasteiger partial charge in [0.1, 0.15) is 19.3 Å². The highest BCUT2D eigenvalue weighted by Gasteiger charge is 2.30. The van der Waals surface area contributed by atoms with E-state index in [1.807, 2.05) is 0 Å². The maximum absolute atomic E-state index is 13.1. The predicted octanol–water partition coefficient (Wildman–Crippen LogP) is 25.2. The molecular weight excluding hydrogens is 1340 g/mol. The quantitative estimate of drug-likeness (QED) is 0.0222. The van der Waals surface area contributed by atoms with Crippen molar-refractivity contribution >= 4 is 39.5 Å². The van der Waals surface area contributed by atoms with Crippen molar-refractivity contribution in [1.82, 2.24) is 0 Å². The number of carbonyl (C=O) groups is 4. The molecule has 17 nitrogen and oxygen atoms in total. The van der Waals surface area contributed by atoms with Crippen LogP contribution < -0.4 is 0 Å². The number of aliphatic hydroxyl groups is 1. The van der Waals surface area contributed by atoms with Gasteiger partial charge in [0.05, 0.1) is 26.4 Å². The van der Waals surface area contributed by atoms with Crippen LogP contribution in [0.4, 0.5) is 0 Å². The minimum absolute atomic E-state index is 0.106. The summed E-state index contributed by atoms with van der Waals surface area (Å²) in [6, 6.07) is 0. The van der Waals surface area contributed by atoms with E-state index in [-0.39, 0.29) is 25.7 Å². The van der Waals surface area contributed by atoms with Gasteiger partial charge < -0.3 is 33.8 Å². The standard InChI is InChI=1S/C84H164O17P2/c1-74(2)60-52-44-36-28-21-15-13-11-9-10-12-14-16-25-33-42-50-58-66-83(88)100-79(70-94-81(86)64-56-48-40-32-24-19-17-22-29-37-45-53-61-75(3)4)72-98-102(90,91)96-68-78(85)69-97-103(92,93)99-73-80(71-95-82(87)65-57-49-41-35-27-31-39-47-55-63-77(7)8)101-84(89)67-59-51-43-34-26-20-18-23-30-38-46-54-62-76(5)6/h74-80,85H,9-73H2,1-8H3,(H,90,91)(H,92,93)/t78-,79-,80-/m1/s1. The van der Waals surface area contributed by atoms with Gasteiger partial charge in [0.15, 0.2) is 12.2 Å². The van der Waals surface area contributed by atoms with Crippen LogP contribution in [0.1, 0.15) is 434 Å². The van der Waals surface area contributed by atoms with Crippen LogP contribution in [0.3, 0.4) is 0 Å². The predicted molar refractivity (Wildman–Crippen MR) is 423 cm³/mol. The van der Waals surface area contributed by atoms with Gasteiger partial charge >= 0.3 is 39.5 Å². The summed E-state index contributed by atoms with van der Waals surface area (Å²) in [4.78, 5) is 73.2. The van der Waals surface area contributed by atoms with Crippen LogP contribution >= 0.6 is 15.6 Å². The van der Waals surface area contributed by atoms with E-state index in [4.69, 9.17) is 37.0 Å². The van der Waals surface area contributed by atoms with E-state index in [1.54, 1.807) is 0 Å². The van der Waals surface area contributed by atoms with E-state index in [0.717, 1.165) is 114 Å². The molecule has 0 aromatic carbocycles. The summed E-state index contributed by atoms with van der Waals surface area (Å²) in [6.07, 6.45) is 61.0. The Morgan fingerprint density at radius 1 is 0.243 bits per heavy atom. The average molecular weight is 1510 g/mol. The lowest BCUT2D eigenvalue weighted by Gasteiger charge is -2.21. The Morgan fingerprint density at radius 3 is 0.602 bits per heavy atom. The normalized spacial score (nSPS) is 14.0. The van der Waals surface area contributed by atoms with E-state index < -0.39 is 97.5 Å². The average Bonchev–Trinajstić information content (AvgIpc) is 0.916. The fourth-order valence-corrected chi connectivity index (χ4v) is 14.5. The van der Waals surface area contributed by atoms with Crippen molar-refractivity contribution in [3.63, 3.8) is 0 Å². The molecule has 103 heavy (non-hydrogen) atoms. The zero-order chi connectivity index (χ0) is 76.0. The van der Waals surface area contributed by atoms with Crippen LogP contribution in [0.5, 0.6) is 0 Å². The third-order valence-electron chi connectivity index (χ3n) is 19.6. The molecule has 0 bridgehead atoms. The van der Waals surface area contributed by atoms with Crippen molar-refractivity contribution < 1.29 is 80.2 Å². The molecule has 0 radical (unpaired) electrons. The second kappa shape index (κ2) is 72.9. The third-order valence-corrected chi connectivity index (χ3v) is 21.5. The van der Waals surface area contributed by atoms with E-state index >= 15 is 0 Å². The van der Waals surface area contributed by atoms with Crippen LogP contribution in [0.15, 0.2) is 0 Å². The Morgan fingerprint density at radius 2 is 0.408 bits per heavy atom. The summed E-state index contributed by atoms with van der Waals surface area (Å²) in [5.74, 6) is 1.01. The van der Waals surface area contributed by atoms with Crippen molar-refractivity contribution in [1.29, 1.82) is 0 Å². The number of aliphatic hydroxyl groups excluding tert-OH is 1. The Kier molecular flexibility index (Phi) is 71.5. The number of unbranched alkanes of at least 4 members (excludes halogenated alkanes) is 47. The van der Waals surface area contributed by atoms with Crippen LogP contribution in [-0.2, 0) is 65.4 Å². The van der Waals surface area contributed by atoms with E-state index in [1.165, 1.54) is 238 Å². The second-order valence-electron chi connectivity index (χ2n) is 32.1. The molecule has 0 aliphatic carbocycles. The molecule has 0 aromatic heterocycles. The Bertz CT molecular complexity index is 2010. The second-order valence-corrected chi connectivity index (χ2v) is 35.0. The number of phosphoric ester groups is 2. The molecule has 0 rings (SSSR count). The topological polar surface area (TPSA) is 237 Å². The first-order valence-corrected chi connectivity index (χ1v) is 46.2. The summed E-state index contributed by atoms with van der Waals surface area (Å²) in [5, 5.41) is 10.7. The fraction of sp³-hybridized carbons (Fsp3) is 0.952. The molecule has 5 atom stereocenters. The highest BCUT2D eigenvalue weighted by atomic mass is 31.2. The van der Waals surface area contributed by atoms with Crippen molar-refractivity contribution in [2.24, 2.45) is 23.7 Å². The highest BCUT2D eigenvalue weighted by Crippen LogP contribution is 2.45. The van der Waals surface area contributed by atoms with Crippen molar-refractivity contribution in [3.8, 4) is 0 Å². The largest absolute Gasteiger partial charge is 0.472 e. The molecule has 2 unspecified atom stereocenters. The van der Waals surface area contributed by atoms with Gasteiger partial charge in [-0.05, 0) is 49.4 Å². The molecular formula is C84H164O17P2. The van der Waals surface area contributed by atoms with Gasteiger partial charge in [0.25, 0.3) is 0 Å². The molecule has 0 heterocycles. The monoisotopic (exact) mass is 1510 g/mol. The van der Waals surface area contributed by atoms with Gasteiger partial charge in [0, 0.05) is 25.7 Å². The first-order valence-electron chi connectivity index (χ1n) is 43.2. The summed E-state index contributed by atoms with van der Waals surface area (Å²) in [7, 11) is -9.93. The van der Waals surface area contributed by atoms with Crippen LogP contribution in [0.2, 0.25) is 0 Å². The number of phosphoric acid groups is 2. The Balaban J connectivity index is 5.25. The molecule has 19 heteroatoms. The number of hydrogen-bond donors (Lipinski definition) is 3. The van der Waals surface area contributed by atoms with Crippen molar-refractivity contribution in [2.45, 2.75) is 453 Å². The van der Waals surface area contributed by atoms with Gasteiger partial charge in [-0.15, -0.1) is 0 Å². The first kappa shape index (κ1) is 101. The molecule has 0 spiro atoms. The number of rotatable bonds is 81. The zero-order valence-corrected chi connectivity index (χ0v) is 69.7. The smallest absolute Gasteiger partial charge is 0.462 e. The van der Waals surface area contributed by atoms with Gasteiger partial charge in [0.2, 0.25) is 0 Å². The summed E-state index contributed by atoms with van der Waals surface area (Å²) < 4.78 is 68.8. The molecule has 612 valence electrons. The lowest BCUT2D eigenvalue weighted by molar-refractivity contribution is -0.161.